The molecule has 0 bridgehead atoms. The first-order valence-electron chi connectivity index (χ1n) is 5.41. The number of amides is 1. The average molecular weight is 234 g/mol. The van der Waals surface area contributed by atoms with Gasteiger partial charge in [-0.1, -0.05) is 17.7 Å². The molecule has 0 aliphatic carbocycles. The highest BCUT2D eigenvalue weighted by atomic mass is 16.3. The van der Waals surface area contributed by atoms with Crippen LogP contribution in [-0.4, -0.2) is 17.6 Å². The summed E-state index contributed by atoms with van der Waals surface area (Å²) >= 11 is 0. The van der Waals surface area contributed by atoms with E-state index in [1.54, 1.807) is 12.1 Å². The van der Waals surface area contributed by atoms with Crippen molar-refractivity contribution in [2.24, 2.45) is 0 Å². The molecule has 0 aliphatic heterocycles. The Labute approximate surface area is 101 Å². The van der Waals surface area contributed by atoms with E-state index in [1.165, 1.54) is 0 Å². The number of anilines is 1. The van der Waals surface area contributed by atoms with Crippen LogP contribution in [0.3, 0.4) is 0 Å². The molecule has 1 rings (SSSR count). The maximum absolute atomic E-state index is 12.0. The molecule has 1 aromatic carbocycles. The molecule has 0 radical (unpaired) electrons. The van der Waals surface area contributed by atoms with E-state index in [1.807, 2.05) is 26.8 Å². The largest absolute Gasteiger partial charge is 0.398 e. The minimum Gasteiger partial charge on any atom is -0.398 e. The second kappa shape index (κ2) is 5.50. The number of benzene rings is 1. The Balaban J connectivity index is 2.99. The summed E-state index contributed by atoms with van der Waals surface area (Å²) in [7, 11) is 0. The van der Waals surface area contributed by atoms with Crippen LogP contribution < -0.4 is 11.1 Å². The monoisotopic (exact) mass is 234 g/mol. The highest BCUT2D eigenvalue weighted by Crippen LogP contribution is 2.16. The van der Waals surface area contributed by atoms with Crippen molar-refractivity contribution in [1.29, 1.82) is 0 Å². The van der Waals surface area contributed by atoms with Gasteiger partial charge < -0.3 is 16.2 Å². The number of aliphatic hydroxyl groups excluding tert-OH is 1. The maximum atomic E-state index is 12.0. The smallest absolute Gasteiger partial charge is 0.257 e. The van der Waals surface area contributed by atoms with E-state index in [9.17, 15) is 4.79 Å². The number of carbonyl (C=O) groups excluding carboxylic acids is 1. The number of hydrogen-bond acceptors (Lipinski definition) is 3. The lowest BCUT2D eigenvalue weighted by molar-refractivity contribution is 0.0960. The summed E-state index contributed by atoms with van der Waals surface area (Å²) in [6.07, 6.45) is 0. The Morgan fingerprint density at radius 3 is 2.59 bits per heavy atom. The fraction of sp³-hybridized carbons (Fsp3) is 0.308. The van der Waals surface area contributed by atoms with Crippen LogP contribution in [0.1, 0.15) is 29.8 Å². The predicted molar refractivity (Wildman–Crippen MR) is 68.5 cm³/mol. The van der Waals surface area contributed by atoms with E-state index >= 15 is 0 Å². The summed E-state index contributed by atoms with van der Waals surface area (Å²) in [5, 5.41) is 11.8. The van der Waals surface area contributed by atoms with Gasteiger partial charge in [-0.3, -0.25) is 4.79 Å². The molecule has 0 saturated heterocycles. The molecule has 0 spiro atoms. The number of nitrogen functional groups attached to an aromatic ring is 1. The number of aliphatic hydroxyl groups is 1. The van der Waals surface area contributed by atoms with Crippen molar-refractivity contribution < 1.29 is 9.90 Å². The van der Waals surface area contributed by atoms with Gasteiger partial charge in [-0.2, -0.15) is 0 Å². The lowest BCUT2D eigenvalue weighted by Crippen LogP contribution is -2.26. The number of allylic oxidation sites excluding steroid dienone is 1. The summed E-state index contributed by atoms with van der Waals surface area (Å²) in [6.45, 7) is 5.30. The Morgan fingerprint density at radius 1 is 1.41 bits per heavy atom. The molecule has 0 unspecified atom stereocenters. The van der Waals surface area contributed by atoms with Crippen molar-refractivity contribution in [3.8, 4) is 0 Å². The summed E-state index contributed by atoms with van der Waals surface area (Å²) in [6, 6.07) is 5.29. The number of nitrogens with two attached hydrogens (primary N) is 1. The van der Waals surface area contributed by atoms with Gasteiger partial charge in [-0.25, -0.2) is 0 Å². The molecule has 92 valence electrons. The van der Waals surface area contributed by atoms with Crippen LogP contribution in [-0.2, 0) is 0 Å². The Morgan fingerprint density at radius 2 is 2.06 bits per heavy atom. The zero-order valence-corrected chi connectivity index (χ0v) is 10.4. The third-order valence-electron chi connectivity index (χ3n) is 2.59. The van der Waals surface area contributed by atoms with Crippen molar-refractivity contribution >= 4 is 11.6 Å². The fourth-order valence-corrected chi connectivity index (χ4v) is 1.41. The molecule has 0 aromatic heterocycles. The summed E-state index contributed by atoms with van der Waals surface area (Å²) in [4.78, 5) is 12.0. The third kappa shape index (κ3) is 3.07. The summed E-state index contributed by atoms with van der Waals surface area (Å²) < 4.78 is 0. The highest BCUT2D eigenvalue weighted by Gasteiger charge is 2.12. The van der Waals surface area contributed by atoms with Crippen LogP contribution in [0.5, 0.6) is 0 Å². The molecule has 0 atom stereocenters. The first-order chi connectivity index (χ1) is 7.97. The number of hydrogen-bond donors (Lipinski definition) is 3. The van der Waals surface area contributed by atoms with Gasteiger partial charge in [-0.15, -0.1) is 0 Å². The Bertz CT molecular complexity index is 460. The zero-order chi connectivity index (χ0) is 13.0. The van der Waals surface area contributed by atoms with Crippen molar-refractivity contribution in [3.63, 3.8) is 0 Å². The van der Waals surface area contributed by atoms with Gasteiger partial charge >= 0.3 is 0 Å². The van der Waals surface area contributed by atoms with E-state index < -0.39 is 0 Å². The second-order valence-corrected chi connectivity index (χ2v) is 4.13. The van der Waals surface area contributed by atoms with E-state index in [0.717, 1.165) is 11.1 Å². The van der Waals surface area contributed by atoms with Crippen molar-refractivity contribution in [2.45, 2.75) is 20.8 Å². The molecule has 0 heterocycles. The van der Waals surface area contributed by atoms with Crippen molar-refractivity contribution in [3.05, 3.63) is 40.6 Å². The fourth-order valence-electron chi connectivity index (χ4n) is 1.41. The van der Waals surface area contributed by atoms with Gasteiger partial charge in [0.1, 0.15) is 0 Å². The molecule has 4 nitrogen and oxygen atoms in total. The van der Waals surface area contributed by atoms with Gasteiger partial charge in [-0.05, 0) is 32.4 Å². The first-order valence-corrected chi connectivity index (χ1v) is 5.41. The Kier molecular flexibility index (Phi) is 4.29. The molecule has 1 amide bonds. The normalized spacial score (nSPS) is 9.88. The average Bonchev–Trinajstić information content (AvgIpc) is 2.28. The number of aryl methyl sites for hydroxylation is 1. The molecule has 0 saturated carbocycles. The van der Waals surface area contributed by atoms with Crippen LogP contribution >= 0.6 is 0 Å². The molecule has 0 aliphatic rings. The minimum atomic E-state index is -0.295. The van der Waals surface area contributed by atoms with Crippen molar-refractivity contribution in [1.82, 2.24) is 5.32 Å². The van der Waals surface area contributed by atoms with Crippen molar-refractivity contribution in [2.75, 3.05) is 12.3 Å². The predicted octanol–water partition coefficient (Wildman–Crippen LogP) is 1.59. The minimum absolute atomic E-state index is 0.195. The molecular weight excluding hydrogens is 216 g/mol. The molecule has 4 heteroatoms. The van der Waals surface area contributed by atoms with E-state index in [4.69, 9.17) is 10.8 Å². The quantitative estimate of drug-likeness (QED) is 0.695. The lowest BCUT2D eigenvalue weighted by Gasteiger charge is -2.11. The maximum Gasteiger partial charge on any atom is 0.257 e. The van der Waals surface area contributed by atoms with Crippen LogP contribution in [0, 0.1) is 6.92 Å². The van der Waals surface area contributed by atoms with Crippen LogP contribution in [0.15, 0.2) is 29.5 Å². The lowest BCUT2D eigenvalue weighted by atomic mass is 10.1. The van der Waals surface area contributed by atoms with E-state index in [0.29, 0.717) is 16.9 Å². The number of rotatable bonds is 3. The van der Waals surface area contributed by atoms with Gasteiger partial charge in [0.2, 0.25) is 0 Å². The van der Waals surface area contributed by atoms with Gasteiger partial charge in [0.15, 0.2) is 0 Å². The van der Waals surface area contributed by atoms with E-state index in [-0.39, 0.29) is 12.5 Å². The summed E-state index contributed by atoms with van der Waals surface area (Å²) in [5.74, 6) is -0.295. The highest BCUT2D eigenvalue weighted by molar-refractivity contribution is 6.00. The van der Waals surface area contributed by atoms with Gasteiger partial charge in [0.05, 0.1) is 12.2 Å². The summed E-state index contributed by atoms with van der Waals surface area (Å²) in [5.41, 5.74) is 8.97. The number of para-hydroxylation sites is 1. The molecule has 0 fully saturated rings. The van der Waals surface area contributed by atoms with Gasteiger partial charge in [0, 0.05) is 11.4 Å². The molecule has 1 aromatic rings. The standard InChI is InChI=1S/C13H18N2O2/c1-8(2)11(7-16)15-13(17)10-6-4-5-9(3)12(10)14/h4-6,16H,7,14H2,1-3H3,(H,15,17). The third-order valence-corrected chi connectivity index (χ3v) is 2.59. The van der Waals surface area contributed by atoms with Crippen LogP contribution in [0.25, 0.3) is 0 Å². The SMILES string of the molecule is CC(C)=C(CO)NC(=O)c1cccc(C)c1N. The molecular formula is C13H18N2O2. The molecule has 17 heavy (non-hydrogen) atoms. The first kappa shape index (κ1) is 13.3. The van der Waals surface area contributed by atoms with E-state index in [2.05, 4.69) is 5.32 Å². The van der Waals surface area contributed by atoms with Crippen LogP contribution in [0.2, 0.25) is 0 Å². The number of nitrogens with one attached hydrogen (secondary N) is 1. The zero-order valence-electron chi connectivity index (χ0n) is 10.4. The Hall–Kier alpha value is -1.81. The number of carbonyl (C=O) groups is 1. The van der Waals surface area contributed by atoms with Crippen LogP contribution in [0.4, 0.5) is 5.69 Å². The molecule has 4 N–H and O–H groups in total. The topological polar surface area (TPSA) is 75.3 Å². The van der Waals surface area contributed by atoms with Gasteiger partial charge in [0.25, 0.3) is 5.91 Å². The second-order valence-electron chi connectivity index (χ2n) is 4.13.